The molecule has 0 aliphatic heterocycles. The fourth-order valence-electron chi connectivity index (χ4n) is 1.82. The lowest BCUT2D eigenvalue weighted by Crippen LogP contribution is -2.02. The maximum absolute atomic E-state index is 13.8. The minimum atomic E-state index is -0.886. The van der Waals surface area contributed by atoms with Gasteiger partial charge in [-0.15, -0.1) is 0 Å². The Bertz CT molecular complexity index is 641. The number of hydrogen-bond acceptors (Lipinski definition) is 4. The number of halogens is 1. The van der Waals surface area contributed by atoms with Crippen molar-refractivity contribution in [2.24, 2.45) is 0 Å². The molecule has 0 amide bonds. The summed E-state index contributed by atoms with van der Waals surface area (Å²) in [6.45, 7) is 1.54. The summed E-state index contributed by atoms with van der Waals surface area (Å²) in [5.74, 6) is -0.395. The van der Waals surface area contributed by atoms with Gasteiger partial charge in [0, 0.05) is 11.6 Å². The van der Waals surface area contributed by atoms with Gasteiger partial charge < -0.3 is 9.84 Å². The second kappa shape index (κ2) is 6.32. The first-order chi connectivity index (χ1) is 9.99. The third-order valence-corrected chi connectivity index (χ3v) is 3.01. The number of ether oxygens (including phenoxy) is 1. The maximum atomic E-state index is 13.8. The third kappa shape index (κ3) is 3.55. The Balaban J connectivity index is 2.09. The molecule has 6 heteroatoms. The van der Waals surface area contributed by atoms with Crippen molar-refractivity contribution in [1.82, 2.24) is 0 Å². The summed E-state index contributed by atoms with van der Waals surface area (Å²) in [5.41, 5.74) is 0.285. The normalized spacial score (nSPS) is 12.0. The van der Waals surface area contributed by atoms with E-state index in [-0.39, 0.29) is 12.2 Å². The molecule has 2 aromatic rings. The molecule has 0 saturated carbocycles. The molecule has 2 rings (SSSR count). The summed E-state index contributed by atoms with van der Waals surface area (Å²) in [4.78, 5) is 9.88. The van der Waals surface area contributed by atoms with Crippen LogP contribution in [0.5, 0.6) is 5.75 Å². The van der Waals surface area contributed by atoms with E-state index in [0.717, 1.165) is 11.6 Å². The van der Waals surface area contributed by atoms with Crippen molar-refractivity contribution < 1.29 is 19.2 Å². The van der Waals surface area contributed by atoms with Crippen LogP contribution in [0.1, 0.15) is 24.2 Å². The van der Waals surface area contributed by atoms with Gasteiger partial charge in [-0.1, -0.05) is 24.3 Å². The number of aliphatic hydroxyl groups is 1. The molecule has 21 heavy (non-hydrogen) atoms. The minimum Gasteiger partial charge on any atom is -0.489 e. The molecular formula is C15H14FNO4. The number of nitrogens with zero attached hydrogens (tertiary/aromatic N) is 1. The van der Waals surface area contributed by atoms with E-state index < -0.39 is 22.5 Å². The molecule has 0 aromatic heterocycles. The van der Waals surface area contributed by atoms with Crippen molar-refractivity contribution in [3.8, 4) is 5.75 Å². The van der Waals surface area contributed by atoms with E-state index in [2.05, 4.69) is 0 Å². The van der Waals surface area contributed by atoms with Gasteiger partial charge >= 0.3 is 5.69 Å². The largest absolute Gasteiger partial charge is 0.489 e. The summed E-state index contributed by atoms with van der Waals surface area (Å²) < 4.78 is 19.2. The molecule has 0 aliphatic rings. The number of rotatable bonds is 5. The van der Waals surface area contributed by atoms with E-state index in [1.807, 2.05) is 0 Å². The molecule has 0 bridgehead atoms. The van der Waals surface area contributed by atoms with E-state index >= 15 is 0 Å². The Hall–Kier alpha value is -2.47. The van der Waals surface area contributed by atoms with E-state index in [4.69, 9.17) is 4.74 Å². The molecule has 0 saturated heterocycles. The average Bonchev–Trinajstić information content (AvgIpc) is 2.46. The zero-order valence-corrected chi connectivity index (χ0v) is 11.3. The zero-order chi connectivity index (χ0) is 15.4. The molecule has 0 heterocycles. The molecule has 0 radical (unpaired) electrons. The van der Waals surface area contributed by atoms with Gasteiger partial charge in [0.1, 0.15) is 12.4 Å². The van der Waals surface area contributed by atoms with Crippen LogP contribution in [0.2, 0.25) is 0 Å². The molecule has 0 aliphatic carbocycles. The van der Waals surface area contributed by atoms with Gasteiger partial charge in [-0.05, 0) is 24.6 Å². The molecule has 0 spiro atoms. The van der Waals surface area contributed by atoms with Gasteiger partial charge in [0.05, 0.1) is 11.0 Å². The zero-order valence-electron chi connectivity index (χ0n) is 11.3. The quantitative estimate of drug-likeness (QED) is 0.677. The summed E-state index contributed by atoms with van der Waals surface area (Å²) in [6, 6.07) is 10.7. The van der Waals surface area contributed by atoms with Gasteiger partial charge in [0.2, 0.25) is 5.82 Å². The van der Waals surface area contributed by atoms with Gasteiger partial charge in [-0.2, -0.15) is 4.39 Å². The number of nitro benzene ring substituents is 1. The van der Waals surface area contributed by atoms with E-state index in [1.165, 1.54) is 12.1 Å². The molecular weight excluding hydrogens is 277 g/mol. The van der Waals surface area contributed by atoms with Crippen molar-refractivity contribution in [2.75, 3.05) is 0 Å². The molecule has 1 N–H and O–H groups in total. The van der Waals surface area contributed by atoms with Crippen molar-refractivity contribution in [2.45, 2.75) is 19.6 Å². The lowest BCUT2D eigenvalue weighted by molar-refractivity contribution is -0.387. The lowest BCUT2D eigenvalue weighted by Gasteiger charge is -2.09. The van der Waals surface area contributed by atoms with Crippen LogP contribution in [0.15, 0.2) is 42.5 Å². The summed E-state index contributed by atoms with van der Waals surface area (Å²) >= 11 is 0. The molecule has 110 valence electrons. The molecule has 1 atom stereocenters. The van der Waals surface area contributed by atoms with E-state index in [0.29, 0.717) is 5.75 Å². The van der Waals surface area contributed by atoms with E-state index in [9.17, 15) is 19.6 Å². The van der Waals surface area contributed by atoms with Gasteiger partial charge in [-0.3, -0.25) is 10.1 Å². The van der Waals surface area contributed by atoms with Crippen LogP contribution in [0, 0.1) is 15.9 Å². The summed E-state index contributed by atoms with van der Waals surface area (Å²) in [6.07, 6.45) is -0.576. The molecule has 2 aromatic carbocycles. The van der Waals surface area contributed by atoms with Crippen molar-refractivity contribution in [3.63, 3.8) is 0 Å². The summed E-state index contributed by atoms with van der Waals surface area (Å²) in [7, 11) is 0. The van der Waals surface area contributed by atoms with Crippen LogP contribution in [0.3, 0.4) is 0 Å². The fourth-order valence-corrected chi connectivity index (χ4v) is 1.82. The van der Waals surface area contributed by atoms with Crippen molar-refractivity contribution in [3.05, 3.63) is 69.5 Å². The number of nitro groups is 1. The van der Waals surface area contributed by atoms with Crippen LogP contribution < -0.4 is 4.74 Å². The third-order valence-electron chi connectivity index (χ3n) is 3.01. The second-order valence-electron chi connectivity index (χ2n) is 4.54. The van der Waals surface area contributed by atoms with Gasteiger partial charge in [-0.25, -0.2) is 0 Å². The minimum absolute atomic E-state index is 0.110. The first kappa shape index (κ1) is 14.9. The van der Waals surface area contributed by atoms with Crippen LogP contribution in [0.4, 0.5) is 10.1 Å². The predicted octanol–water partition coefficient (Wildman–Crippen LogP) is 3.37. The Kier molecular flexibility index (Phi) is 4.49. The topological polar surface area (TPSA) is 72.6 Å². The van der Waals surface area contributed by atoms with Crippen LogP contribution in [-0.2, 0) is 6.61 Å². The highest BCUT2D eigenvalue weighted by atomic mass is 19.1. The Morgan fingerprint density at radius 3 is 2.52 bits per heavy atom. The fraction of sp³-hybridized carbons (Fsp3) is 0.200. The first-order valence-electron chi connectivity index (χ1n) is 6.31. The van der Waals surface area contributed by atoms with Crippen LogP contribution >= 0.6 is 0 Å². The molecule has 5 nitrogen and oxygen atoms in total. The average molecular weight is 291 g/mol. The van der Waals surface area contributed by atoms with Gasteiger partial charge in [0.15, 0.2) is 0 Å². The van der Waals surface area contributed by atoms with Crippen molar-refractivity contribution in [1.29, 1.82) is 0 Å². The number of benzene rings is 2. The standard InChI is InChI=1S/C15H14FNO4/c1-10(18)11-5-7-13(8-6-11)21-9-12-3-2-4-14(15(12)16)17(19)20/h2-8,10,18H,9H2,1H3. The lowest BCUT2D eigenvalue weighted by atomic mass is 10.1. The highest BCUT2D eigenvalue weighted by Crippen LogP contribution is 2.22. The highest BCUT2D eigenvalue weighted by molar-refractivity contribution is 5.37. The second-order valence-corrected chi connectivity index (χ2v) is 4.54. The predicted molar refractivity (Wildman–Crippen MR) is 74.5 cm³/mol. The highest BCUT2D eigenvalue weighted by Gasteiger charge is 2.17. The first-order valence-corrected chi connectivity index (χ1v) is 6.31. The van der Waals surface area contributed by atoms with Gasteiger partial charge in [0.25, 0.3) is 0 Å². The Morgan fingerprint density at radius 2 is 1.95 bits per heavy atom. The number of hydrogen-bond donors (Lipinski definition) is 1. The number of aliphatic hydroxyl groups excluding tert-OH is 1. The SMILES string of the molecule is CC(O)c1ccc(OCc2cccc([N+](=O)[O-])c2F)cc1. The Labute approximate surface area is 120 Å². The molecule has 1 unspecified atom stereocenters. The van der Waals surface area contributed by atoms with Crippen LogP contribution in [0.25, 0.3) is 0 Å². The Morgan fingerprint density at radius 1 is 1.29 bits per heavy atom. The smallest absolute Gasteiger partial charge is 0.305 e. The molecule has 0 fully saturated rings. The summed E-state index contributed by atoms with van der Waals surface area (Å²) in [5, 5.41) is 20.0. The monoisotopic (exact) mass is 291 g/mol. The van der Waals surface area contributed by atoms with E-state index in [1.54, 1.807) is 31.2 Å². The van der Waals surface area contributed by atoms with Crippen LogP contribution in [-0.4, -0.2) is 10.0 Å². The maximum Gasteiger partial charge on any atom is 0.305 e. The van der Waals surface area contributed by atoms with Crippen molar-refractivity contribution >= 4 is 5.69 Å².